The van der Waals surface area contributed by atoms with Gasteiger partial charge in [-0.2, -0.15) is 5.10 Å². The van der Waals surface area contributed by atoms with Crippen LogP contribution in [0, 0.1) is 5.92 Å². The molecule has 7 heteroatoms. The van der Waals surface area contributed by atoms with Gasteiger partial charge in [-0.05, 0) is 68.1 Å². The molecule has 7 nitrogen and oxygen atoms in total. The number of nitrogens with one attached hydrogen (secondary N) is 1. The van der Waals surface area contributed by atoms with Gasteiger partial charge in [-0.25, -0.2) is 4.98 Å². The molecule has 1 N–H and O–H groups in total. The Kier molecular flexibility index (Phi) is 6.45. The van der Waals surface area contributed by atoms with E-state index in [9.17, 15) is 0 Å². The Morgan fingerprint density at radius 3 is 2.74 bits per heavy atom. The molecular weight excluding hydrogens is 424 g/mol. The van der Waals surface area contributed by atoms with E-state index in [-0.39, 0.29) is 0 Å². The lowest BCUT2D eigenvalue weighted by atomic mass is 10.1. The first-order valence-corrected chi connectivity index (χ1v) is 12.1. The molecule has 0 amide bonds. The molecular formula is C27H32N6O. The largest absolute Gasteiger partial charge is 0.497 e. The van der Waals surface area contributed by atoms with Crippen molar-refractivity contribution in [2.45, 2.75) is 32.7 Å². The van der Waals surface area contributed by atoms with E-state index in [1.165, 1.54) is 18.4 Å². The minimum absolute atomic E-state index is 0.729. The van der Waals surface area contributed by atoms with Crippen molar-refractivity contribution in [2.75, 3.05) is 32.1 Å². The number of methoxy groups -OCH3 is 1. The summed E-state index contributed by atoms with van der Waals surface area (Å²) in [6, 6.07) is 12.9. The molecule has 0 saturated heterocycles. The second-order valence-electron chi connectivity index (χ2n) is 8.97. The summed E-state index contributed by atoms with van der Waals surface area (Å²) in [5, 5.41) is 7.61. The summed E-state index contributed by atoms with van der Waals surface area (Å²) in [5.41, 5.74) is 7.16. The van der Waals surface area contributed by atoms with Crippen LogP contribution >= 0.6 is 0 Å². The summed E-state index contributed by atoms with van der Waals surface area (Å²) in [6.45, 7) is 4.86. The van der Waals surface area contributed by atoms with Crippen LogP contribution in [-0.2, 0) is 13.0 Å². The van der Waals surface area contributed by atoms with Gasteiger partial charge in [-0.15, -0.1) is 0 Å². The molecule has 176 valence electrons. The van der Waals surface area contributed by atoms with Crippen molar-refractivity contribution in [3.05, 3.63) is 60.6 Å². The Morgan fingerprint density at radius 1 is 1.09 bits per heavy atom. The highest BCUT2D eigenvalue weighted by Crippen LogP contribution is 2.37. The van der Waals surface area contributed by atoms with Gasteiger partial charge in [0.1, 0.15) is 5.75 Å². The molecule has 0 spiro atoms. The molecule has 1 saturated carbocycles. The predicted molar refractivity (Wildman–Crippen MR) is 137 cm³/mol. The maximum absolute atomic E-state index is 5.60. The van der Waals surface area contributed by atoms with Gasteiger partial charge in [0.05, 0.1) is 42.8 Å². The molecule has 34 heavy (non-hydrogen) atoms. The first-order valence-electron chi connectivity index (χ1n) is 12.1. The van der Waals surface area contributed by atoms with Crippen LogP contribution in [0.2, 0.25) is 0 Å². The van der Waals surface area contributed by atoms with Crippen LogP contribution in [-0.4, -0.2) is 47.0 Å². The Balaban J connectivity index is 1.51. The van der Waals surface area contributed by atoms with Gasteiger partial charge in [0.25, 0.3) is 0 Å². The summed E-state index contributed by atoms with van der Waals surface area (Å²) in [5.74, 6) is 1.63. The van der Waals surface area contributed by atoms with E-state index in [1.807, 2.05) is 30.3 Å². The van der Waals surface area contributed by atoms with Crippen molar-refractivity contribution in [3.8, 4) is 17.0 Å². The first kappa shape index (κ1) is 22.3. The molecule has 0 unspecified atom stereocenters. The summed E-state index contributed by atoms with van der Waals surface area (Å²) in [7, 11) is 3.68. The number of anilines is 2. The van der Waals surface area contributed by atoms with Crippen molar-refractivity contribution in [2.24, 2.45) is 5.92 Å². The highest BCUT2D eigenvalue weighted by atomic mass is 16.5. The number of likely N-dealkylation sites (N-methyl/N-ethyl adjacent to an activating group) is 1. The fourth-order valence-electron chi connectivity index (χ4n) is 4.19. The van der Waals surface area contributed by atoms with Crippen molar-refractivity contribution in [1.82, 2.24) is 25.1 Å². The lowest BCUT2D eigenvalue weighted by Crippen LogP contribution is -2.20. The van der Waals surface area contributed by atoms with E-state index in [4.69, 9.17) is 9.72 Å². The smallest absolute Gasteiger partial charge is 0.121 e. The minimum Gasteiger partial charge on any atom is -0.497 e. The van der Waals surface area contributed by atoms with Gasteiger partial charge in [0, 0.05) is 42.3 Å². The van der Waals surface area contributed by atoms with E-state index < -0.39 is 0 Å². The molecule has 2 heterocycles. The molecule has 2 aromatic heterocycles. The number of nitrogens with zero attached hydrogens (tertiary/aromatic N) is 5. The molecule has 1 aliphatic rings. The molecule has 2 aromatic carbocycles. The van der Waals surface area contributed by atoms with E-state index in [1.54, 1.807) is 7.11 Å². The normalized spacial score (nSPS) is 13.4. The average molecular weight is 457 g/mol. The van der Waals surface area contributed by atoms with E-state index >= 15 is 0 Å². The topological polar surface area (TPSA) is 68.1 Å². The number of rotatable bonds is 10. The SMILES string of the molecule is CCc1cc(OC)cc(N(CC2CC2)c2ccc3ncc(-c4cnn(CCNC)c4)nc3c2)c1. The second-order valence-corrected chi connectivity index (χ2v) is 8.97. The number of hydrogen-bond acceptors (Lipinski definition) is 6. The van der Waals surface area contributed by atoms with Crippen molar-refractivity contribution in [3.63, 3.8) is 0 Å². The fourth-order valence-corrected chi connectivity index (χ4v) is 4.19. The van der Waals surface area contributed by atoms with Crippen LogP contribution < -0.4 is 15.0 Å². The van der Waals surface area contributed by atoms with Crippen LogP contribution in [0.25, 0.3) is 22.3 Å². The van der Waals surface area contributed by atoms with Gasteiger partial charge in [0.15, 0.2) is 0 Å². The lowest BCUT2D eigenvalue weighted by molar-refractivity contribution is 0.414. The zero-order valence-corrected chi connectivity index (χ0v) is 20.2. The third kappa shape index (κ3) is 4.89. The third-order valence-electron chi connectivity index (χ3n) is 6.40. The number of aromatic nitrogens is 4. The van der Waals surface area contributed by atoms with Crippen LogP contribution in [0.4, 0.5) is 11.4 Å². The molecule has 4 aromatic rings. The highest BCUT2D eigenvalue weighted by molar-refractivity contribution is 5.82. The van der Waals surface area contributed by atoms with Crippen LogP contribution in [0.1, 0.15) is 25.3 Å². The Morgan fingerprint density at radius 2 is 1.97 bits per heavy atom. The quantitative estimate of drug-likeness (QED) is 0.369. The number of aryl methyl sites for hydroxylation is 1. The van der Waals surface area contributed by atoms with Gasteiger partial charge >= 0.3 is 0 Å². The van der Waals surface area contributed by atoms with E-state index in [2.05, 4.69) is 63.6 Å². The Labute approximate surface area is 200 Å². The number of ether oxygens (including phenoxy) is 1. The molecule has 0 atom stereocenters. The molecule has 0 aliphatic heterocycles. The average Bonchev–Trinajstić information content (AvgIpc) is 3.58. The summed E-state index contributed by atoms with van der Waals surface area (Å²) >= 11 is 0. The van der Waals surface area contributed by atoms with Crippen molar-refractivity contribution < 1.29 is 4.74 Å². The first-order chi connectivity index (χ1) is 16.7. The number of benzene rings is 2. The Bertz CT molecular complexity index is 1260. The zero-order valence-electron chi connectivity index (χ0n) is 20.2. The van der Waals surface area contributed by atoms with Gasteiger partial charge in [-0.1, -0.05) is 6.92 Å². The molecule has 5 rings (SSSR count). The summed E-state index contributed by atoms with van der Waals surface area (Å²) < 4.78 is 7.53. The maximum atomic E-state index is 5.60. The summed E-state index contributed by atoms with van der Waals surface area (Å²) in [6.07, 6.45) is 9.26. The summed E-state index contributed by atoms with van der Waals surface area (Å²) in [4.78, 5) is 12.0. The van der Waals surface area contributed by atoms with E-state index in [0.29, 0.717) is 0 Å². The highest BCUT2D eigenvalue weighted by Gasteiger charge is 2.26. The molecule has 1 fully saturated rings. The van der Waals surface area contributed by atoms with Crippen molar-refractivity contribution in [1.29, 1.82) is 0 Å². The monoisotopic (exact) mass is 456 g/mol. The molecule has 1 aliphatic carbocycles. The molecule has 0 bridgehead atoms. The second kappa shape index (κ2) is 9.81. The van der Waals surface area contributed by atoms with Gasteiger partial charge in [0.2, 0.25) is 0 Å². The number of fused-ring (bicyclic) bond motifs is 1. The molecule has 0 radical (unpaired) electrons. The lowest BCUT2D eigenvalue weighted by Gasteiger charge is -2.26. The fraction of sp³-hybridized carbons (Fsp3) is 0.370. The van der Waals surface area contributed by atoms with Crippen LogP contribution in [0.3, 0.4) is 0 Å². The van der Waals surface area contributed by atoms with Crippen LogP contribution in [0.15, 0.2) is 55.0 Å². The van der Waals surface area contributed by atoms with Crippen molar-refractivity contribution >= 4 is 22.4 Å². The minimum atomic E-state index is 0.729. The zero-order chi connectivity index (χ0) is 23.5. The third-order valence-corrected chi connectivity index (χ3v) is 6.40. The number of hydrogen-bond donors (Lipinski definition) is 1. The predicted octanol–water partition coefficient (Wildman–Crippen LogP) is 4.83. The van der Waals surface area contributed by atoms with E-state index in [0.717, 1.165) is 71.4 Å². The maximum Gasteiger partial charge on any atom is 0.121 e. The van der Waals surface area contributed by atoms with Gasteiger partial charge in [-0.3, -0.25) is 9.67 Å². The van der Waals surface area contributed by atoms with Gasteiger partial charge < -0.3 is 15.0 Å². The standard InChI is InChI=1S/C27H32N6O/c1-4-19-11-23(13-24(12-19)34-3)33(17-20-5-6-20)22-7-8-25-26(14-22)31-27(16-29-25)21-15-30-32(18-21)10-9-28-2/h7-8,11-16,18,20,28H,4-6,9-10,17H2,1-3H3. The van der Waals surface area contributed by atoms with Crippen LogP contribution in [0.5, 0.6) is 5.75 Å². The Hall–Kier alpha value is -3.45.